The number of benzene rings is 2. The molecule has 0 spiro atoms. The Kier molecular flexibility index (Phi) is 6.78. The van der Waals surface area contributed by atoms with E-state index < -0.39 is 11.6 Å². The second-order valence-electron chi connectivity index (χ2n) is 11.3. The van der Waals surface area contributed by atoms with Gasteiger partial charge in [0.15, 0.2) is 17.4 Å². The van der Waals surface area contributed by atoms with Gasteiger partial charge in [-0.05, 0) is 62.1 Å². The Morgan fingerprint density at radius 3 is 2.68 bits per heavy atom. The lowest BCUT2D eigenvalue weighted by Gasteiger charge is -2.40. The summed E-state index contributed by atoms with van der Waals surface area (Å²) in [5.41, 5.74) is 5.00. The van der Waals surface area contributed by atoms with Crippen molar-refractivity contribution in [1.29, 1.82) is 0 Å². The number of hydrogen-bond donors (Lipinski definition) is 0. The van der Waals surface area contributed by atoms with Crippen LogP contribution >= 0.6 is 0 Å². The molecule has 1 aromatic heterocycles. The minimum absolute atomic E-state index is 0.112. The minimum atomic E-state index is -0.566. The van der Waals surface area contributed by atoms with Crippen LogP contribution in [0.15, 0.2) is 36.5 Å². The van der Waals surface area contributed by atoms with Crippen LogP contribution in [0.1, 0.15) is 36.4 Å². The van der Waals surface area contributed by atoms with E-state index in [1.54, 1.807) is 6.07 Å². The van der Waals surface area contributed by atoms with Gasteiger partial charge in [0.1, 0.15) is 18.1 Å². The van der Waals surface area contributed by atoms with Crippen LogP contribution in [0.3, 0.4) is 0 Å². The van der Waals surface area contributed by atoms with Crippen molar-refractivity contribution in [2.45, 2.75) is 39.3 Å². The molecule has 0 radical (unpaired) electrons. The number of hydrogen-bond acceptors (Lipinski definition) is 6. The van der Waals surface area contributed by atoms with E-state index >= 15 is 4.39 Å². The van der Waals surface area contributed by atoms with E-state index in [1.165, 1.54) is 43.0 Å². The first-order valence-electron chi connectivity index (χ1n) is 13.6. The van der Waals surface area contributed by atoms with Crippen molar-refractivity contribution < 1.29 is 13.5 Å². The molecule has 4 heterocycles. The Bertz CT molecular complexity index is 1340. The second kappa shape index (κ2) is 10.2. The van der Waals surface area contributed by atoms with Crippen LogP contribution in [-0.4, -0.2) is 72.2 Å². The van der Waals surface area contributed by atoms with Gasteiger partial charge in [0.2, 0.25) is 0 Å². The number of anilines is 1. The van der Waals surface area contributed by atoms with Crippen molar-refractivity contribution in [3.63, 3.8) is 0 Å². The fourth-order valence-corrected chi connectivity index (χ4v) is 6.09. The molecule has 0 N–H and O–H groups in total. The number of ether oxygens (including phenoxy) is 1. The third kappa shape index (κ3) is 4.99. The quantitative estimate of drug-likeness (QED) is 0.477. The standard InChI is InChI=1S/C30H35F2N5O/c1-19(2)37-8-9-38-30-25(31)12-24(13-27(30)37)29-26(32)14-33-28(34-29)11-20-4-5-23-18-36(7-6-22(23)10-20)17-21-15-35(3)16-21/h4-5,10,12-14,19,21H,6-9,11,15-18H2,1-3H3. The van der Waals surface area contributed by atoms with Crippen LogP contribution < -0.4 is 9.64 Å². The van der Waals surface area contributed by atoms with Gasteiger partial charge in [0.05, 0.1) is 18.4 Å². The zero-order valence-electron chi connectivity index (χ0n) is 22.4. The van der Waals surface area contributed by atoms with Crippen LogP contribution in [0, 0.1) is 17.6 Å². The molecule has 8 heteroatoms. The number of fused-ring (bicyclic) bond motifs is 2. The number of rotatable bonds is 6. The summed E-state index contributed by atoms with van der Waals surface area (Å²) in [5.74, 6) is 0.453. The number of nitrogens with zero attached hydrogens (tertiary/aromatic N) is 5. The molecule has 200 valence electrons. The smallest absolute Gasteiger partial charge is 0.178 e. The summed E-state index contributed by atoms with van der Waals surface area (Å²) >= 11 is 0. The minimum Gasteiger partial charge on any atom is -0.486 e. The summed E-state index contributed by atoms with van der Waals surface area (Å²) in [7, 11) is 2.18. The van der Waals surface area contributed by atoms with Crippen LogP contribution in [-0.2, 0) is 19.4 Å². The van der Waals surface area contributed by atoms with Gasteiger partial charge in [-0.2, -0.15) is 0 Å². The summed E-state index contributed by atoms with van der Waals surface area (Å²) in [4.78, 5) is 15.8. The summed E-state index contributed by atoms with van der Waals surface area (Å²) in [6.07, 6.45) is 2.72. The van der Waals surface area contributed by atoms with Crippen LogP contribution in [0.2, 0.25) is 0 Å². The summed E-state index contributed by atoms with van der Waals surface area (Å²) in [6, 6.07) is 9.83. The SMILES string of the molecule is CC(C)N1CCOc2c(F)cc(-c3nc(Cc4ccc5c(c4)CCN(CC4CN(C)C4)C5)ncc3F)cc21. The van der Waals surface area contributed by atoms with Gasteiger partial charge in [-0.15, -0.1) is 0 Å². The van der Waals surface area contributed by atoms with E-state index in [0.717, 1.165) is 31.0 Å². The fraction of sp³-hybridized carbons (Fsp3) is 0.467. The average Bonchev–Trinajstić information content (AvgIpc) is 2.88. The van der Waals surface area contributed by atoms with E-state index in [-0.39, 0.29) is 17.5 Å². The van der Waals surface area contributed by atoms with Crippen molar-refractivity contribution in [3.05, 3.63) is 70.7 Å². The zero-order chi connectivity index (χ0) is 26.4. The monoisotopic (exact) mass is 519 g/mol. The van der Waals surface area contributed by atoms with Crippen LogP contribution in [0.25, 0.3) is 11.3 Å². The molecule has 38 heavy (non-hydrogen) atoms. The Hall–Kier alpha value is -3.10. The molecule has 0 amide bonds. The third-order valence-electron chi connectivity index (χ3n) is 7.98. The molecular weight excluding hydrogens is 484 g/mol. The fourth-order valence-electron chi connectivity index (χ4n) is 6.09. The molecule has 2 aromatic carbocycles. The highest BCUT2D eigenvalue weighted by atomic mass is 19.1. The van der Waals surface area contributed by atoms with Crippen molar-refractivity contribution in [2.24, 2.45) is 5.92 Å². The lowest BCUT2D eigenvalue weighted by Crippen LogP contribution is -2.49. The highest BCUT2D eigenvalue weighted by Gasteiger charge is 2.28. The van der Waals surface area contributed by atoms with Gasteiger partial charge < -0.3 is 14.5 Å². The summed E-state index contributed by atoms with van der Waals surface area (Å²) < 4.78 is 35.5. The maximum absolute atomic E-state index is 15.0. The molecular formula is C30H35F2N5O. The van der Waals surface area contributed by atoms with E-state index in [0.29, 0.717) is 36.6 Å². The maximum atomic E-state index is 15.0. The first-order chi connectivity index (χ1) is 18.3. The topological polar surface area (TPSA) is 44.7 Å². The molecule has 3 aliphatic rings. The normalized spacial score (nSPS) is 18.2. The Morgan fingerprint density at radius 2 is 1.89 bits per heavy atom. The third-order valence-corrected chi connectivity index (χ3v) is 7.98. The first-order valence-corrected chi connectivity index (χ1v) is 13.6. The van der Waals surface area contributed by atoms with Gasteiger partial charge in [-0.1, -0.05) is 18.2 Å². The predicted molar refractivity (Wildman–Crippen MR) is 145 cm³/mol. The predicted octanol–water partition coefficient (Wildman–Crippen LogP) is 4.54. The summed E-state index contributed by atoms with van der Waals surface area (Å²) in [6.45, 7) is 10.8. The Morgan fingerprint density at radius 1 is 1.05 bits per heavy atom. The highest BCUT2D eigenvalue weighted by molar-refractivity contribution is 5.72. The molecule has 6 nitrogen and oxygen atoms in total. The highest BCUT2D eigenvalue weighted by Crippen LogP contribution is 2.39. The molecule has 3 aromatic rings. The first kappa shape index (κ1) is 25.2. The van der Waals surface area contributed by atoms with Crippen molar-refractivity contribution in [2.75, 3.05) is 51.3 Å². The molecule has 1 fully saturated rings. The molecule has 0 bridgehead atoms. The van der Waals surface area contributed by atoms with Gasteiger partial charge >= 0.3 is 0 Å². The lowest BCUT2D eigenvalue weighted by atomic mass is 9.94. The van der Waals surface area contributed by atoms with Crippen LogP contribution in [0.4, 0.5) is 14.5 Å². The van der Waals surface area contributed by atoms with E-state index in [4.69, 9.17) is 4.74 Å². The molecule has 0 unspecified atom stereocenters. The van der Waals surface area contributed by atoms with Crippen molar-refractivity contribution in [3.8, 4) is 17.0 Å². The van der Waals surface area contributed by atoms with Gasteiger partial charge in [0, 0.05) is 50.7 Å². The second-order valence-corrected chi connectivity index (χ2v) is 11.3. The molecule has 1 saturated heterocycles. The van der Waals surface area contributed by atoms with Gasteiger partial charge in [-0.3, -0.25) is 4.90 Å². The van der Waals surface area contributed by atoms with E-state index in [1.807, 2.05) is 13.8 Å². The lowest BCUT2D eigenvalue weighted by molar-refractivity contribution is 0.0855. The molecule has 3 aliphatic heterocycles. The largest absolute Gasteiger partial charge is 0.486 e. The Labute approximate surface area is 223 Å². The van der Waals surface area contributed by atoms with E-state index in [2.05, 4.69) is 49.9 Å². The number of likely N-dealkylation sites (tertiary alicyclic amines) is 1. The summed E-state index contributed by atoms with van der Waals surface area (Å²) in [5, 5.41) is 0. The zero-order valence-corrected chi connectivity index (χ0v) is 22.4. The average molecular weight is 520 g/mol. The van der Waals surface area contributed by atoms with Gasteiger partial charge in [-0.25, -0.2) is 18.7 Å². The van der Waals surface area contributed by atoms with Gasteiger partial charge in [0.25, 0.3) is 0 Å². The molecule has 6 rings (SSSR count). The molecule has 0 aliphatic carbocycles. The van der Waals surface area contributed by atoms with Crippen molar-refractivity contribution >= 4 is 5.69 Å². The molecule has 0 atom stereocenters. The van der Waals surface area contributed by atoms with Crippen molar-refractivity contribution in [1.82, 2.24) is 19.8 Å². The Balaban J connectivity index is 1.21. The number of aromatic nitrogens is 2. The molecule has 0 saturated carbocycles. The number of halogens is 2. The van der Waals surface area contributed by atoms with Crippen LogP contribution in [0.5, 0.6) is 5.75 Å². The maximum Gasteiger partial charge on any atom is 0.178 e. The van der Waals surface area contributed by atoms with E-state index in [9.17, 15) is 4.39 Å².